The van der Waals surface area contributed by atoms with Crippen LogP contribution >= 0.6 is 0 Å². The molecule has 0 aromatic carbocycles. The molecule has 22 heavy (non-hydrogen) atoms. The molecule has 2 aromatic heterocycles. The zero-order chi connectivity index (χ0) is 15.9. The van der Waals surface area contributed by atoms with E-state index in [-0.39, 0.29) is 12.0 Å². The van der Waals surface area contributed by atoms with E-state index in [2.05, 4.69) is 20.0 Å². The van der Waals surface area contributed by atoms with Gasteiger partial charge in [-0.1, -0.05) is 6.92 Å². The molecule has 118 valence electrons. The first-order chi connectivity index (χ1) is 10.5. The lowest BCUT2D eigenvalue weighted by molar-refractivity contribution is 0.134. The number of hydrogen-bond acceptors (Lipinski definition) is 6. The van der Waals surface area contributed by atoms with Gasteiger partial charge >= 0.3 is 6.09 Å². The third-order valence-corrected chi connectivity index (χ3v) is 4.03. The number of aromatic nitrogens is 4. The summed E-state index contributed by atoms with van der Waals surface area (Å²) in [7, 11) is 0. The van der Waals surface area contributed by atoms with Gasteiger partial charge in [0, 0.05) is 31.2 Å². The second kappa shape index (κ2) is 5.32. The van der Waals surface area contributed by atoms with Crippen molar-refractivity contribution in [3.8, 4) is 0 Å². The summed E-state index contributed by atoms with van der Waals surface area (Å²) >= 11 is 0. The molecule has 3 N–H and O–H groups in total. The molecule has 0 aliphatic carbocycles. The highest BCUT2D eigenvalue weighted by atomic mass is 16.4. The molecule has 1 fully saturated rings. The first-order valence-electron chi connectivity index (χ1n) is 7.23. The van der Waals surface area contributed by atoms with Crippen molar-refractivity contribution in [2.75, 3.05) is 30.3 Å². The van der Waals surface area contributed by atoms with Gasteiger partial charge in [-0.05, 0) is 13.3 Å². The van der Waals surface area contributed by atoms with E-state index in [4.69, 9.17) is 5.73 Å². The Labute approximate surface area is 127 Å². The van der Waals surface area contributed by atoms with Gasteiger partial charge in [0.15, 0.2) is 5.65 Å². The lowest BCUT2D eigenvalue weighted by atomic mass is 10.1. The van der Waals surface area contributed by atoms with E-state index in [1.807, 2.05) is 13.8 Å². The molecule has 1 aliphatic heterocycles. The number of nitrogens with zero attached hydrogens (tertiary/aromatic N) is 6. The van der Waals surface area contributed by atoms with Gasteiger partial charge in [0.05, 0.1) is 6.20 Å². The molecule has 1 aliphatic rings. The minimum absolute atomic E-state index is 0.0341. The molecule has 1 saturated heterocycles. The average Bonchev–Trinajstić information content (AvgIpc) is 2.87. The standard InChI is InChI=1S/C13H19N7O2/c1-3-9-7-18(13(21)22)4-5-19(9)12-17-11(14)16-10-8(2)6-15-20(10)12/h6,9H,3-5,7H2,1-2H3,(H2,14,16)(H,21,22)/t9-/m0/s1. The molecule has 0 unspecified atom stereocenters. The maximum Gasteiger partial charge on any atom is 0.407 e. The summed E-state index contributed by atoms with van der Waals surface area (Å²) < 4.78 is 1.67. The number of hydrogen-bond donors (Lipinski definition) is 2. The van der Waals surface area contributed by atoms with E-state index in [1.54, 1.807) is 10.7 Å². The van der Waals surface area contributed by atoms with Crippen molar-refractivity contribution >= 4 is 23.6 Å². The number of aryl methyl sites for hydroxylation is 1. The normalized spacial score (nSPS) is 18.9. The average molecular weight is 305 g/mol. The van der Waals surface area contributed by atoms with Gasteiger partial charge in [-0.3, -0.25) is 0 Å². The second-order valence-electron chi connectivity index (χ2n) is 5.43. The van der Waals surface area contributed by atoms with E-state index < -0.39 is 6.09 Å². The fourth-order valence-electron chi connectivity index (χ4n) is 2.82. The van der Waals surface area contributed by atoms with Crippen LogP contribution in [0.1, 0.15) is 18.9 Å². The van der Waals surface area contributed by atoms with Gasteiger partial charge in [-0.2, -0.15) is 19.6 Å². The zero-order valence-corrected chi connectivity index (χ0v) is 12.6. The number of carbonyl (C=O) groups is 1. The van der Waals surface area contributed by atoms with Crippen LogP contribution in [0.15, 0.2) is 6.20 Å². The smallest absolute Gasteiger partial charge is 0.407 e. The number of amides is 1. The van der Waals surface area contributed by atoms with Crippen LogP contribution in [-0.4, -0.2) is 61.4 Å². The lowest BCUT2D eigenvalue weighted by Crippen LogP contribution is -2.55. The predicted molar refractivity (Wildman–Crippen MR) is 81.0 cm³/mol. The molecule has 0 bridgehead atoms. The van der Waals surface area contributed by atoms with Crippen molar-refractivity contribution in [3.05, 3.63) is 11.8 Å². The van der Waals surface area contributed by atoms with E-state index in [1.165, 1.54) is 4.90 Å². The third-order valence-electron chi connectivity index (χ3n) is 4.03. The molecular weight excluding hydrogens is 286 g/mol. The number of nitrogens with two attached hydrogens (primary N) is 1. The number of fused-ring (bicyclic) bond motifs is 1. The summed E-state index contributed by atoms with van der Waals surface area (Å²) in [4.78, 5) is 23.2. The third kappa shape index (κ3) is 2.28. The summed E-state index contributed by atoms with van der Waals surface area (Å²) in [5.74, 6) is 0.814. The molecule has 0 saturated carbocycles. The molecular formula is C13H19N7O2. The molecule has 1 atom stereocenters. The SMILES string of the molecule is CC[C@H]1CN(C(=O)O)CCN1c1nc(N)nc2c(C)cnn12. The van der Waals surface area contributed by atoms with Gasteiger partial charge < -0.3 is 20.6 Å². The molecule has 9 heteroatoms. The number of anilines is 2. The van der Waals surface area contributed by atoms with E-state index in [0.717, 1.165) is 12.0 Å². The van der Waals surface area contributed by atoms with Crippen molar-refractivity contribution in [1.82, 2.24) is 24.5 Å². The predicted octanol–water partition coefficient (Wildman–Crippen LogP) is 0.594. The summed E-state index contributed by atoms with van der Waals surface area (Å²) in [6.45, 7) is 5.36. The van der Waals surface area contributed by atoms with Crippen LogP contribution in [0, 0.1) is 6.92 Å². The Bertz CT molecular complexity index is 714. The Balaban J connectivity index is 2.01. The lowest BCUT2D eigenvalue weighted by Gasteiger charge is -2.40. The molecule has 3 heterocycles. The molecule has 2 aromatic rings. The minimum Gasteiger partial charge on any atom is -0.465 e. The molecule has 3 rings (SSSR count). The van der Waals surface area contributed by atoms with Gasteiger partial charge in [-0.25, -0.2) is 4.79 Å². The Morgan fingerprint density at radius 2 is 2.23 bits per heavy atom. The second-order valence-corrected chi connectivity index (χ2v) is 5.43. The number of nitrogen functional groups attached to an aromatic ring is 1. The Morgan fingerprint density at radius 3 is 2.91 bits per heavy atom. The quantitative estimate of drug-likeness (QED) is 0.835. The summed E-state index contributed by atoms with van der Waals surface area (Å²) in [6.07, 6.45) is 1.64. The Hall–Kier alpha value is -2.58. The summed E-state index contributed by atoms with van der Waals surface area (Å²) in [6, 6.07) is 0.0341. The van der Waals surface area contributed by atoms with Crippen LogP contribution in [0.5, 0.6) is 0 Å². The number of rotatable bonds is 2. The molecule has 9 nitrogen and oxygen atoms in total. The van der Waals surface area contributed by atoms with E-state index in [9.17, 15) is 9.90 Å². The summed E-state index contributed by atoms with van der Waals surface area (Å²) in [5.41, 5.74) is 7.43. The van der Waals surface area contributed by atoms with Gasteiger partial charge in [0.25, 0.3) is 0 Å². The largest absolute Gasteiger partial charge is 0.465 e. The van der Waals surface area contributed by atoms with Gasteiger partial charge in [-0.15, -0.1) is 0 Å². The van der Waals surface area contributed by atoms with Crippen LogP contribution in [-0.2, 0) is 0 Å². The summed E-state index contributed by atoms with van der Waals surface area (Å²) in [5, 5.41) is 13.5. The van der Waals surface area contributed by atoms with Crippen LogP contribution in [0.4, 0.5) is 16.7 Å². The van der Waals surface area contributed by atoms with Crippen molar-refractivity contribution in [2.24, 2.45) is 0 Å². The first kappa shape index (κ1) is 14.4. The van der Waals surface area contributed by atoms with Crippen LogP contribution in [0.3, 0.4) is 0 Å². The Morgan fingerprint density at radius 1 is 1.45 bits per heavy atom. The van der Waals surface area contributed by atoms with Gasteiger partial charge in [0.1, 0.15) is 0 Å². The topological polar surface area (TPSA) is 113 Å². The van der Waals surface area contributed by atoms with Crippen molar-refractivity contribution in [3.63, 3.8) is 0 Å². The van der Waals surface area contributed by atoms with Crippen LogP contribution < -0.4 is 10.6 Å². The van der Waals surface area contributed by atoms with E-state index in [0.29, 0.717) is 31.2 Å². The number of piperazine rings is 1. The minimum atomic E-state index is -0.889. The monoisotopic (exact) mass is 305 g/mol. The van der Waals surface area contributed by atoms with Crippen LogP contribution in [0.25, 0.3) is 5.65 Å². The maximum atomic E-state index is 11.2. The Kier molecular flexibility index (Phi) is 3.47. The molecule has 0 radical (unpaired) electrons. The van der Waals surface area contributed by atoms with Crippen molar-refractivity contribution < 1.29 is 9.90 Å². The fourth-order valence-corrected chi connectivity index (χ4v) is 2.82. The van der Waals surface area contributed by atoms with Crippen molar-refractivity contribution in [2.45, 2.75) is 26.3 Å². The first-order valence-corrected chi connectivity index (χ1v) is 7.23. The maximum absolute atomic E-state index is 11.2. The van der Waals surface area contributed by atoms with Crippen LogP contribution in [0.2, 0.25) is 0 Å². The molecule has 0 spiro atoms. The van der Waals surface area contributed by atoms with Gasteiger partial charge in [0.2, 0.25) is 11.9 Å². The highest BCUT2D eigenvalue weighted by Crippen LogP contribution is 2.23. The highest BCUT2D eigenvalue weighted by Gasteiger charge is 2.31. The molecule has 1 amide bonds. The fraction of sp³-hybridized carbons (Fsp3) is 0.538. The van der Waals surface area contributed by atoms with Crippen molar-refractivity contribution in [1.29, 1.82) is 0 Å². The van der Waals surface area contributed by atoms with E-state index >= 15 is 0 Å². The number of carboxylic acid groups (broad SMARTS) is 1. The highest BCUT2D eigenvalue weighted by molar-refractivity contribution is 5.65. The zero-order valence-electron chi connectivity index (χ0n) is 12.6.